The van der Waals surface area contributed by atoms with Crippen LogP contribution in [-0.2, 0) is 11.3 Å². The molecule has 1 amide bonds. The van der Waals surface area contributed by atoms with Crippen molar-refractivity contribution < 1.29 is 13.9 Å². The van der Waals surface area contributed by atoms with Crippen LogP contribution in [0.3, 0.4) is 0 Å². The molecular weight excluding hydrogens is 247 g/mol. The monoisotopic (exact) mass is 268 g/mol. The van der Waals surface area contributed by atoms with Gasteiger partial charge in [-0.1, -0.05) is 13.8 Å². The molecule has 0 spiro atoms. The van der Waals surface area contributed by atoms with Crippen LogP contribution in [0.4, 0.5) is 4.39 Å². The summed E-state index contributed by atoms with van der Waals surface area (Å²) in [4.78, 5) is 11.1. The van der Waals surface area contributed by atoms with Gasteiger partial charge in [0.15, 0.2) is 0 Å². The maximum atomic E-state index is 13.6. The number of methoxy groups -OCH3 is 1. The van der Waals surface area contributed by atoms with Gasteiger partial charge in [-0.2, -0.15) is 0 Å². The van der Waals surface area contributed by atoms with Crippen molar-refractivity contribution in [3.05, 3.63) is 35.1 Å². The van der Waals surface area contributed by atoms with Gasteiger partial charge in [0, 0.05) is 30.8 Å². The van der Waals surface area contributed by atoms with Gasteiger partial charge >= 0.3 is 0 Å². The molecule has 106 valence electrons. The van der Waals surface area contributed by atoms with E-state index in [0.29, 0.717) is 30.2 Å². The van der Waals surface area contributed by atoms with Crippen molar-refractivity contribution in [1.29, 1.82) is 0 Å². The minimum absolute atomic E-state index is 0.127. The fraction of sp³-hybridized carbons (Fsp3) is 0.500. The second-order valence-electron chi connectivity index (χ2n) is 4.86. The lowest BCUT2D eigenvalue weighted by Crippen LogP contribution is -2.37. The molecule has 19 heavy (non-hydrogen) atoms. The van der Waals surface area contributed by atoms with Gasteiger partial charge in [0.1, 0.15) is 5.82 Å². The molecule has 0 aliphatic carbocycles. The molecule has 0 bridgehead atoms. The molecular formula is C14H21FN2O2. The second kappa shape index (κ2) is 7.21. The van der Waals surface area contributed by atoms with Gasteiger partial charge < -0.3 is 15.8 Å². The largest absolute Gasteiger partial charge is 0.383 e. The zero-order valence-electron chi connectivity index (χ0n) is 11.6. The molecule has 4 nitrogen and oxygen atoms in total. The van der Waals surface area contributed by atoms with Crippen molar-refractivity contribution in [2.75, 3.05) is 13.7 Å². The highest BCUT2D eigenvalue weighted by molar-refractivity contribution is 5.92. The molecule has 0 heterocycles. The third kappa shape index (κ3) is 4.61. The Balaban J connectivity index is 2.75. The van der Waals surface area contributed by atoms with Crippen LogP contribution in [0.25, 0.3) is 0 Å². The number of nitrogens with one attached hydrogen (secondary N) is 1. The number of hydrogen-bond donors (Lipinski definition) is 2. The first-order valence-corrected chi connectivity index (χ1v) is 6.26. The summed E-state index contributed by atoms with van der Waals surface area (Å²) in [6, 6.07) is 4.25. The Kier molecular flexibility index (Phi) is 5.92. The molecule has 5 heteroatoms. The smallest absolute Gasteiger partial charge is 0.248 e. The van der Waals surface area contributed by atoms with Crippen LogP contribution in [0.15, 0.2) is 18.2 Å². The van der Waals surface area contributed by atoms with E-state index in [1.54, 1.807) is 7.11 Å². The zero-order chi connectivity index (χ0) is 14.4. The number of benzene rings is 1. The number of amides is 1. The van der Waals surface area contributed by atoms with E-state index in [-0.39, 0.29) is 11.9 Å². The lowest BCUT2D eigenvalue weighted by Gasteiger charge is -2.21. The fourth-order valence-corrected chi connectivity index (χ4v) is 1.77. The summed E-state index contributed by atoms with van der Waals surface area (Å²) in [5, 5.41) is 3.23. The summed E-state index contributed by atoms with van der Waals surface area (Å²) in [5.74, 6) is -0.543. The second-order valence-corrected chi connectivity index (χ2v) is 4.86. The molecule has 0 fully saturated rings. The number of carbonyl (C=O) groups excluding carboxylic acids is 1. The van der Waals surface area contributed by atoms with Crippen molar-refractivity contribution in [3.63, 3.8) is 0 Å². The summed E-state index contributed by atoms with van der Waals surface area (Å²) in [7, 11) is 1.63. The minimum atomic E-state index is -0.557. The van der Waals surface area contributed by atoms with Crippen molar-refractivity contribution in [1.82, 2.24) is 5.32 Å². The third-order valence-corrected chi connectivity index (χ3v) is 3.04. The minimum Gasteiger partial charge on any atom is -0.383 e. The number of nitrogens with two attached hydrogens (primary N) is 1. The topological polar surface area (TPSA) is 64.3 Å². The highest BCUT2D eigenvalue weighted by atomic mass is 19.1. The predicted octanol–water partition coefficient (Wildman–Crippen LogP) is 1.69. The average Bonchev–Trinajstić information content (AvgIpc) is 2.35. The quantitative estimate of drug-likeness (QED) is 0.791. The Hall–Kier alpha value is -1.46. The van der Waals surface area contributed by atoms with E-state index in [9.17, 15) is 9.18 Å². The Morgan fingerprint density at radius 2 is 2.16 bits per heavy atom. The molecule has 0 aliphatic heterocycles. The number of carbonyl (C=O) groups is 1. The van der Waals surface area contributed by atoms with Crippen LogP contribution in [0.5, 0.6) is 0 Å². The molecule has 0 aromatic heterocycles. The Labute approximate surface area is 113 Å². The van der Waals surface area contributed by atoms with E-state index < -0.39 is 5.91 Å². The van der Waals surface area contributed by atoms with Gasteiger partial charge in [-0.05, 0) is 24.1 Å². The molecule has 1 rings (SSSR count). The van der Waals surface area contributed by atoms with Crippen molar-refractivity contribution in [3.8, 4) is 0 Å². The number of halogens is 1. The normalized spacial score (nSPS) is 12.7. The maximum Gasteiger partial charge on any atom is 0.248 e. The van der Waals surface area contributed by atoms with E-state index >= 15 is 0 Å². The first kappa shape index (κ1) is 15.6. The van der Waals surface area contributed by atoms with E-state index in [1.807, 2.05) is 0 Å². The summed E-state index contributed by atoms with van der Waals surface area (Å²) in [5.41, 5.74) is 5.92. The zero-order valence-corrected chi connectivity index (χ0v) is 11.6. The van der Waals surface area contributed by atoms with Crippen molar-refractivity contribution in [2.24, 2.45) is 11.7 Å². The van der Waals surface area contributed by atoms with E-state index in [2.05, 4.69) is 19.2 Å². The van der Waals surface area contributed by atoms with Crippen LogP contribution in [0.2, 0.25) is 0 Å². The molecule has 0 saturated carbocycles. The van der Waals surface area contributed by atoms with Crippen LogP contribution in [0.1, 0.15) is 29.8 Å². The Bertz CT molecular complexity index is 435. The SMILES string of the molecule is COCC(NCc1cc(C(N)=O)ccc1F)C(C)C. The molecule has 1 unspecified atom stereocenters. The lowest BCUT2D eigenvalue weighted by molar-refractivity contribution is 0.1000. The van der Waals surface area contributed by atoms with E-state index in [4.69, 9.17) is 10.5 Å². The summed E-state index contributed by atoms with van der Waals surface area (Å²) < 4.78 is 18.8. The molecule has 1 aromatic carbocycles. The van der Waals surface area contributed by atoms with Gasteiger partial charge in [-0.3, -0.25) is 4.79 Å². The molecule has 0 saturated heterocycles. The summed E-state index contributed by atoms with van der Waals surface area (Å²) >= 11 is 0. The van der Waals surface area contributed by atoms with Crippen LogP contribution >= 0.6 is 0 Å². The predicted molar refractivity (Wildman–Crippen MR) is 72.3 cm³/mol. The number of rotatable bonds is 7. The van der Waals surface area contributed by atoms with Gasteiger partial charge in [-0.15, -0.1) is 0 Å². The van der Waals surface area contributed by atoms with Crippen molar-refractivity contribution in [2.45, 2.75) is 26.4 Å². The fourth-order valence-electron chi connectivity index (χ4n) is 1.77. The number of ether oxygens (including phenoxy) is 1. The Morgan fingerprint density at radius 3 is 2.68 bits per heavy atom. The standard InChI is InChI=1S/C14H21FN2O2/c1-9(2)13(8-19-3)17-7-11-6-10(14(16)18)4-5-12(11)15/h4-6,9,13,17H,7-8H2,1-3H3,(H2,16,18). The van der Waals surface area contributed by atoms with Crippen LogP contribution < -0.4 is 11.1 Å². The molecule has 0 aliphatic rings. The maximum absolute atomic E-state index is 13.6. The highest BCUT2D eigenvalue weighted by Gasteiger charge is 2.14. The number of primary amides is 1. The first-order valence-electron chi connectivity index (χ1n) is 6.26. The van der Waals surface area contributed by atoms with Crippen LogP contribution in [0, 0.1) is 11.7 Å². The van der Waals surface area contributed by atoms with Gasteiger partial charge in [-0.25, -0.2) is 4.39 Å². The highest BCUT2D eigenvalue weighted by Crippen LogP contribution is 2.11. The average molecular weight is 268 g/mol. The van der Waals surface area contributed by atoms with E-state index in [0.717, 1.165) is 0 Å². The molecule has 1 atom stereocenters. The van der Waals surface area contributed by atoms with Crippen molar-refractivity contribution >= 4 is 5.91 Å². The first-order chi connectivity index (χ1) is 8.95. The summed E-state index contributed by atoms with van der Waals surface area (Å²) in [6.45, 7) is 5.01. The third-order valence-electron chi connectivity index (χ3n) is 3.04. The Morgan fingerprint density at radius 1 is 1.47 bits per heavy atom. The van der Waals surface area contributed by atoms with Crippen LogP contribution in [-0.4, -0.2) is 25.7 Å². The summed E-state index contributed by atoms with van der Waals surface area (Å²) in [6.07, 6.45) is 0. The lowest BCUT2D eigenvalue weighted by atomic mass is 10.0. The molecule has 0 radical (unpaired) electrons. The van der Waals surface area contributed by atoms with Gasteiger partial charge in [0.05, 0.1) is 6.61 Å². The molecule has 3 N–H and O–H groups in total. The molecule has 1 aromatic rings. The van der Waals surface area contributed by atoms with Gasteiger partial charge in [0.25, 0.3) is 0 Å². The van der Waals surface area contributed by atoms with Gasteiger partial charge in [0.2, 0.25) is 5.91 Å². The van der Waals surface area contributed by atoms with E-state index in [1.165, 1.54) is 18.2 Å². The number of hydrogen-bond acceptors (Lipinski definition) is 3.